The van der Waals surface area contributed by atoms with E-state index in [0.717, 1.165) is 6.42 Å². The second kappa shape index (κ2) is 3.69. The summed E-state index contributed by atoms with van der Waals surface area (Å²) in [6, 6.07) is -0.558. The summed E-state index contributed by atoms with van der Waals surface area (Å²) in [5.41, 5.74) is 5.52. The summed E-state index contributed by atoms with van der Waals surface area (Å²) in [6.45, 7) is 0. The number of hydrogen-bond donors (Lipinski definition) is 1. The second-order valence-corrected chi connectivity index (χ2v) is 2.92. The molecule has 2 N–H and O–H groups in total. The van der Waals surface area contributed by atoms with E-state index in [-0.39, 0.29) is 5.92 Å². The predicted molar refractivity (Wildman–Crippen MR) is 45.2 cm³/mol. The third kappa shape index (κ3) is 2.17. The van der Waals surface area contributed by atoms with E-state index in [1.165, 1.54) is 0 Å². The van der Waals surface area contributed by atoms with Crippen molar-refractivity contribution in [1.29, 1.82) is 0 Å². The molecular weight excluding hydrogens is 162 g/mol. The topological polar surface area (TPSA) is 43.1 Å². The molecule has 2 nitrogen and oxygen atoms in total. The van der Waals surface area contributed by atoms with E-state index in [0.29, 0.717) is 0 Å². The normalized spacial score (nSPS) is 25.1. The fourth-order valence-corrected chi connectivity index (χ4v) is 1.20. The smallest absolute Gasteiger partial charge is 0.238 e. The van der Waals surface area contributed by atoms with Gasteiger partial charge in [0, 0.05) is 5.92 Å². The van der Waals surface area contributed by atoms with Gasteiger partial charge in [-0.25, -0.2) is 0 Å². The zero-order chi connectivity index (χ0) is 8.27. The molecule has 0 aromatic carbocycles. The number of carbonyl (C=O) groups excluding carboxylic acids is 1. The summed E-state index contributed by atoms with van der Waals surface area (Å²) in [6.07, 6.45) is 8.50. The second-order valence-electron chi connectivity index (χ2n) is 2.54. The zero-order valence-corrected chi connectivity index (χ0v) is 6.79. The van der Waals surface area contributed by atoms with Crippen LogP contribution < -0.4 is 5.73 Å². The largest absolute Gasteiger partial charge is 0.320 e. The van der Waals surface area contributed by atoms with Crippen LogP contribution in [0.5, 0.6) is 0 Å². The lowest BCUT2D eigenvalue weighted by molar-refractivity contribution is -0.113. The quantitative estimate of drug-likeness (QED) is 0.635. The Balaban J connectivity index is 2.55. The maximum Gasteiger partial charge on any atom is 0.238 e. The van der Waals surface area contributed by atoms with Crippen LogP contribution >= 0.6 is 11.6 Å². The van der Waals surface area contributed by atoms with Crippen LogP contribution in [0.1, 0.15) is 6.42 Å². The average molecular weight is 172 g/mol. The Morgan fingerprint density at radius 1 is 1.64 bits per heavy atom. The summed E-state index contributed by atoms with van der Waals surface area (Å²) in [7, 11) is 0. The molecule has 0 heterocycles. The summed E-state index contributed by atoms with van der Waals surface area (Å²) in [4.78, 5) is 10.6. The van der Waals surface area contributed by atoms with E-state index in [1.807, 2.05) is 24.3 Å². The highest BCUT2D eigenvalue weighted by molar-refractivity contribution is 6.64. The third-order valence-electron chi connectivity index (χ3n) is 1.74. The Morgan fingerprint density at radius 3 is 2.82 bits per heavy atom. The summed E-state index contributed by atoms with van der Waals surface area (Å²) in [5, 5.41) is -0.463. The molecule has 0 aromatic heterocycles. The van der Waals surface area contributed by atoms with Crippen LogP contribution in [0.3, 0.4) is 0 Å². The van der Waals surface area contributed by atoms with Crippen molar-refractivity contribution in [3.8, 4) is 0 Å². The van der Waals surface area contributed by atoms with Gasteiger partial charge in [0.15, 0.2) is 0 Å². The maximum absolute atomic E-state index is 10.6. The van der Waals surface area contributed by atoms with Gasteiger partial charge in [0.25, 0.3) is 0 Å². The fourth-order valence-electron chi connectivity index (χ4n) is 1.03. The lowest BCUT2D eigenvalue weighted by Crippen LogP contribution is -2.34. The Bertz CT molecular complexity index is 210. The highest BCUT2D eigenvalue weighted by Crippen LogP contribution is 2.15. The molecule has 0 fully saturated rings. The molecule has 0 radical (unpaired) electrons. The predicted octanol–water partition coefficient (Wildman–Crippen LogP) is 1.21. The van der Waals surface area contributed by atoms with E-state index < -0.39 is 11.3 Å². The molecule has 2 unspecified atom stereocenters. The first-order chi connectivity index (χ1) is 5.22. The van der Waals surface area contributed by atoms with Crippen molar-refractivity contribution < 1.29 is 4.79 Å². The highest BCUT2D eigenvalue weighted by atomic mass is 35.5. The van der Waals surface area contributed by atoms with Crippen LogP contribution in [0, 0.1) is 5.92 Å². The van der Waals surface area contributed by atoms with Gasteiger partial charge in [-0.15, -0.1) is 0 Å². The van der Waals surface area contributed by atoms with Gasteiger partial charge in [0.1, 0.15) is 0 Å². The molecule has 0 bridgehead atoms. The van der Waals surface area contributed by atoms with Crippen molar-refractivity contribution in [3.05, 3.63) is 24.3 Å². The molecule has 1 aliphatic rings. The number of allylic oxidation sites excluding steroid dienone is 3. The molecular formula is C8H10ClNO. The number of halogens is 1. The van der Waals surface area contributed by atoms with Crippen LogP contribution in [0.25, 0.3) is 0 Å². The minimum atomic E-state index is -0.558. The molecule has 60 valence electrons. The molecule has 0 saturated heterocycles. The van der Waals surface area contributed by atoms with Crippen molar-refractivity contribution in [2.24, 2.45) is 11.7 Å². The first kappa shape index (κ1) is 8.50. The molecule has 0 aliphatic heterocycles. The molecule has 1 aliphatic carbocycles. The summed E-state index contributed by atoms with van der Waals surface area (Å²) in [5.74, 6) is 0.0741. The van der Waals surface area contributed by atoms with E-state index in [2.05, 4.69) is 0 Å². The molecule has 0 spiro atoms. The van der Waals surface area contributed by atoms with Gasteiger partial charge in [0.2, 0.25) is 5.24 Å². The number of carbonyl (C=O) groups is 1. The summed E-state index contributed by atoms with van der Waals surface area (Å²) < 4.78 is 0. The van der Waals surface area contributed by atoms with Crippen LogP contribution in [0.4, 0.5) is 0 Å². The Morgan fingerprint density at radius 2 is 2.36 bits per heavy atom. The van der Waals surface area contributed by atoms with Crippen molar-refractivity contribution in [2.45, 2.75) is 12.5 Å². The molecule has 2 atom stereocenters. The molecule has 0 saturated carbocycles. The SMILES string of the molecule is NC(C(=O)Cl)C1C=CC=CC1. The van der Waals surface area contributed by atoms with Gasteiger partial charge in [-0.1, -0.05) is 24.3 Å². The monoisotopic (exact) mass is 171 g/mol. The molecule has 0 aromatic rings. The number of rotatable bonds is 2. The summed E-state index contributed by atoms with van der Waals surface area (Å²) >= 11 is 5.24. The number of hydrogen-bond acceptors (Lipinski definition) is 2. The third-order valence-corrected chi connectivity index (χ3v) is 1.99. The van der Waals surface area contributed by atoms with Crippen LogP contribution in [-0.2, 0) is 4.79 Å². The molecule has 3 heteroatoms. The zero-order valence-electron chi connectivity index (χ0n) is 6.03. The van der Waals surface area contributed by atoms with E-state index in [9.17, 15) is 4.79 Å². The Kier molecular flexibility index (Phi) is 2.85. The maximum atomic E-state index is 10.6. The standard InChI is InChI=1S/C8H10ClNO/c9-8(11)7(10)6-4-2-1-3-5-6/h1-4,6-7H,5,10H2. The molecule has 1 rings (SSSR count). The van der Waals surface area contributed by atoms with Crippen LogP contribution in [0.2, 0.25) is 0 Å². The van der Waals surface area contributed by atoms with Gasteiger partial charge in [0.05, 0.1) is 6.04 Å². The first-order valence-electron chi connectivity index (χ1n) is 3.50. The fraction of sp³-hybridized carbons (Fsp3) is 0.375. The van der Waals surface area contributed by atoms with Crippen LogP contribution in [-0.4, -0.2) is 11.3 Å². The minimum absolute atomic E-state index is 0.0741. The number of nitrogens with two attached hydrogens (primary N) is 1. The highest BCUT2D eigenvalue weighted by Gasteiger charge is 2.20. The lowest BCUT2D eigenvalue weighted by Gasteiger charge is -2.16. The Hall–Kier alpha value is -0.600. The molecule has 11 heavy (non-hydrogen) atoms. The van der Waals surface area contributed by atoms with Crippen molar-refractivity contribution >= 4 is 16.8 Å². The van der Waals surface area contributed by atoms with Crippen molar-refractivity contribution in [3.63, 3.8) is 0 Å². The van der Waals surface area contributed by atoms with E-state index >= 15 is 0 Å². The van der Waals surface area contributed by atoms with Gasteiger partial charge in [-0.3, -0.25) is 4.79 Å². The average Bonchev–Trinajstić information content (AvgIpc) is 2.05. The van der Waals surface area contributed by atoms with E-state index in [4.69, 9.17) is 17.3 Å². The first-order valence-corrected chi connectivity index (χ1v) is 3.88. The van der Waals surface area contributed by atoms with Gasteiger partial charge in [-0.2, -0.15) is 0 Å². The van der Waals surface area contributed by atoms with E-state index in [1.54, 1.807) is 0 Å². The molecule has 0 amide bonds. The van der Waals surface area contributed by atoms with Gasteiger partial charge >= 0.3 is 0 Å². The van der Waals surface area contributed by atoms with Gasteiger partial charge < -0.3 is 5.73 Å². The van der Waals surface area contributed by atoms with Gasteiger partial charge in [-0.05, 0) is 18.0 Å². The lowest BCUT2D eigenvalue weighted by atomic mass is 9.94. The minimum Gasteiger partial charge on any atom is -0.320 e. The van der Waals surface area contributed by atoms with Crippen molar-refractivity contribution in [2.75, 3.05) is 0 Å². The van der Waals surface area contributed by atoms with Crippen LogP contribution in [0.15, 0.2) is 24.3 Å². The van der Waals surface area contributed by atoms with Crippen molar-refractivity contribution in [1.82, 2.24) is 0 Å². The Labute approximate surface area is 70.7 Å².